The fourth-order valence-corrected chi connectivity index (χ4v) is 3.84. The second-order valence-corrected chi connectivity index (χ2v) is 7.40. The van der Waals surface area contributed by atoms with Crippen molar-refractivity contribution in [2.24, 2.45) is 0 Å². The van der Waals surface area contributed by atoms with Crippen LogP contribution in [0.3, 0.4) is 0 Å². The van der Waals surface area contributed by atoms with Gasteiger partial charge in [0.05, 0.1) is 18.4 Å². The van der Waals surface area contributed by atoms with E-state index in [0.29, 0.717) is 5.56 Å². The second kappa shape index (κ2) is 9.30. The van der Waals surface area contributed by atoms with Gasteiger partial charge in [0.1, 0.15) is 6.04 Å². The fraction of sp³-hybridized carbons (Fsp3) is 0.438. The van der Waals surface area contributed by atoms with Crippen molar-refractivity contribution in [2.45, 2.75) is 31.2 Å². The highest BCUT2D eigenvalue weighted by Gasteiger charge is 2.32. The Labute approximate surface area is 152 Å². The van der Waals surface area contributed by atoms with Crippen molar-refractivity contribution in [3.05, 3.63) is 29.8 Å². The minimum Gasteiger partial charge on any atom is -0.480 e. The summed E-state index contributed by atoms with van der Waals surface area (Å²) in [4.78, 5) is 33.5. The number of carboxylic acid groups (broad SMARTS) is 1. The summed E-state index contributed by atoms with van der Waals surface area (Å²) in [5, 5.41) is 11.7. The molecule has 0 aliphatic rings. The lowest BCUT2D eigenvalue weighted by molar-refractivity contribution is -0.141. The summed E-state index contributed by atoms with van der Waals surface area (Å²) in [5.41, 5.74) is 0.419. The minimum atomic E-state index is -4.16. The number of carbonyl (C=O) groups excluding carboxylic acids is 2. The molecule has 0 spiro atoms. The Morgan fingerprint density at radius 2 is 1.96 bits per heavy atom. The third-order valence-electron chi connectivity index (χ3n) is 3.58. The van der Waals surface area contributed by atoms with E-state index in [-0.39, 0.29) is 30.3 Å². The first-order valence-electron chi connectivity index (χ1n) is 7.74. The molecule has 0 aromatic heterocycles. The van der Waals surface area contributed by atoms with Gasteiger partial charge in [0, 0.05) is 20.0 Å². The lowest BCUT2D eigenvalue weighted by Gasteiger charge is -2.26. The van der Waals surface area contributed by atoms with Gasteiger partial charge in [0.2, 0.25) is 15.9 Å². The molecule has 0 radical (unpaired) electrons. The van der Waals surface area contributed by atoms with E-state index in [4.69, 9.17) is 0 Å². The van der Waals surface area contributed by atoms with E-state index in [1.165, 1.54) is 39.2 Å². The Morgan fingerprint density at radius 1 is 1.31 bits per heavy atom. The minimum absolute atomic E-state index is 0.0337. The molecule has 144 valence electrons. The van der Waals surface area contributed by atoms with E-state index in [0.717, 1.165) is 4.31 Å². The average molecular weight is 386 g/mol. The third kappa shape index (κ3) is 5.81. The number of carboxylic acids is 1. The molecule has 26 heavy (non-hydrogen) atoms. The van der Waals surface area contributed by atoms with Crippen LogP contribution in [0.25, 0.3) is 0 Å². The summed E-state index contributed by atoms with van der Waals surface area (Å²) in [6, 6.07) is 4.31. The van der Waals surface area contributed by atoms with Crippen LogP contribution in [0.2, 0.25) is 0 Å². The van der Waals surface area contributed by atoms with Crippen molar-refractivity contribution < 1.29 is 32.6 Å². The SMILES string of the molecule is COC(=O)Cc1cccc(S(=O)(=O)N(CCNC(C)=O)C(C)C(=O)O)c1. The second-order valence-electron chi connectivity index (χ2n) is 5.51. The van der Waals surface area contributed by atoms with E-state index in [1.54, 1.807) is 6.07 Å². The molecule has 1 amide bonds. The average Bonchev–Trinajstić information content (AvgIpc) is 2.57. The molecule has 10 heteroatoms. The Bertz CT molecular complexity index is 777. The predicted octanol–water partition coefficient (Wildman–Crippen LogP) is 0.00200. The molecule has 1 rings (SSSR count). The number of rotatable bonds is 9. The van der Waals surface area contributed by atoms with Crippen LogP contribution in [0.15, 0.2) is 29.2 Å². The number of nitrogens with zero attached hydrogens (tertiary/aromatic N) is 1. The van der Waals surface area contributed by atoms with E-state index < -0.39 is 28.0 Å². The first kappa shape index (κ1) is 21.6. The van der Waals surface area contributed by atoms with Crippen molar-refractivity contribution in [3.63, 3.8) is 0 Å². The Kier molecular flexibility index (Phi) is 7.72. The summed E-state index contributed by atoms with van der Waals surface area (Å²) in [6.45, 7) is 2.27. The Balaban J connectivity index is 3.18. The summed E-state index contributed by atoms with van der Waals surface area (Å²) in [5.74, 6) is -2.20. The molecule has 0 heterocycles. The van der Waals surface area contributed by atoms with Gasteiger partial charge >= 0.3 is 11.9 Å². The van der Waals surface area contributed by atoms with Gasteiger partial charge in [-0.3, -0.25) is 14.4 Å². The maximum atomic E-state index is 12.9. The van der Waals surface area contributed by atoms with Crippen LogP contribution in [-0.4, -0.2) is 61.9 Å². The predicted molar refractivity (Wildman–Crippen MR) is 91.8 cm³/mol. The lowest BCUT2D eigenvalue weighted by Crippen LogP contribution is -2.46. The molecule has 0 bridgehead atoms. The van der Waals surface area contributed by atoms with Gasteiger partial charge in [-0.15, -0.1) is 0 Å². The molecule has 1 aromatic rings. The number of benzene rings is 1. The van der Waals surface area contributed by atoms with E-state index in [9.17, 15) is 27.9 Å². The number of amides is 1. The third-order valence-corrected chi connectivity index (χ3v) is 5.54. The molecule has 0 saturated carbocycles. The van der Waals surface area contributed by atoms with Gasteiger partial charge in [0.15, 0.2) is 0 Å². The van der Waals surface area contributed by atoms with Gasteiger partial charge in [-0.25, -0.2) is 8.42 Å². The molecule has 0 aliphatic carbocycles. The van der Waals surface area contributed by atoms with Gasteiger partial charge in [-0.2, -0.15) is 4.31 Å². The molecular weight excluding hydrogens is 364 g/mol. The van der Waals surface area contributed by atoms with Crippen molar-refractivity contribution >= 4 is 27.9 Å². The number of hydrogen-bond acceptors (Lipinski definition) is 6. The Morgan fingerprint density at radius 3 is 2.50 bits per heavy atom. The largest absolute Gasteiger partial charge is 0.480 e. The number of hydrogen-bond donors (Lipinski definition) is 2. The van der Waals surface area contributed by atoms with Crippen LogP contribution in [0.4, 0.5) is 0 Å². The smallest absolute Gasteiger partial charge is 0.321 e. The topological polar surface area (TPSA) is 130 Å². The lowest BCUT2D eigenvalue weighted by atomic mass is 10.1. The van der Waals surface area contributed by atoms with E-state index >= 15 is 0 Å². The van der Waals surface area contributed by atoms with Crippen LogP contribution >= 0.6 is 0 Å². The highest BCUT2D eigenvalue weighted by atomic mass is 32.2. The fourth-order valence-electron chi connectivity index (χ4n) is 2.18. The zero-order chi connectivity index (χ0) is 19.9. The number of nitrogens with one attached hydrogen (secondary N) is 1. The van der Waals surface area contributed by atoms with Crippen LogP contribution in [0.5, 0.6) is 0 Å². The summed E-state index contributed by atoms with van der Waals surface area (Å²) in [6.07, 6.45) is -0.111. The zero-order valence-electron chi connectivity index (χ0n) is 14.8. The molecule has 1 unspecified atom stereocenters. The van der Waals surface area contributed by atoms with E-state index in [2.05, 4.69) is 10.1 Å². The number of sulfonamides is 1. The molecule has 2 N–H and O–H groups in total. The normalized spacial score (nSPS) is 12.5. The van der Waals surface area contributed by atoms with Crippen LogP contribution in [0, 0.1) is 0 Å². The number of methoxy groups -OCH3 is 1. The van der Waals surface area contributed by atoms with Crippen LogP contribution < -0.4 is 5.32 Å². The molecule has 0 saturated heterocycles. The molecule has 9 nitrogen and oxygen atoms in total. The van der Waals surface area contributed by atoms with E-state index in [1.807, 2.05) is 0 Å². The quantitative estimate of drug-likeness (QED) is 0.571. The monoisotopic (exact) mass is 386 g/mol. The molecular formula is C16H22N2O7S. The summed E-state index contributed by atoms with van der Waals surface area (Å²) >= 11 is 0. The maximum absolute atomic E-state index is 12.9. The maximum Gasteiger partial charge on any atom is 0.321 e. The zero-order valence-corrected chi connectivity index (χ0v) is 15.6. The van der Waals surface area contributed by atoms with Gasteiger partial charge < -0.3 is 15.2 Å². The number of esters is 1. The van der Waals surface area contributed by atoms with Gasteiger partial charge in [0.25, 0.3) is 0 Å². The number of aliphatic carboxylic acids is 1. The number of carbonyl (C=O) groups is 3. The molecule has 0 fully saturated rings. The summed E-state index contributed by atoms with van der Waals surface area (Å²) in [7, 11) is -2.94. The van der Waals surface area contributed by atoms with Crippen LogP contribution in [-0.2, 0) is 35.6 Å². The van der Waals surface area contributed by atoms with Crippen molar-refractivity contribution in [1.82, 2.24) is 9.62 Å². The molecule has 0 aliphatic heterocycles. The van der Waals surface area contributed by atoms with Gasteiger partial charge in [-0.1, -0.05) is 12.1 Å². The standard InChI is InChI=1S/C16H22N2O7S/c1-11(16(21)22)18(8-7-17-12(2)19)26(23,24)14-6-4-5-13(9-14)10-15(20)25-3/h4-6,9,11H,7-8,10H2,1-3H3,(H,17,19)(H,21,22). The molecule has 1 aromatic carbocycles. The molecule has 1 atom stereocenters. The van der Waals surface area contributed by atoms with Crippen molar-refractivity contribution in [2.75, 3.05) is 20.2 Å². The summed E-state index contributed by atoms with van der Waals surface area (Å²) < 4.78 is 31.1. The highest BCUT2D eigenvalue weighted by molar-refractivity contribution is 7.89. The number of ether oxygens (including phenoxy) is 1. The van der Waals surface area contributed by atoms with Crippen LogP contribution in [0.1, 0.15) is 19.4 Å². The first-order valence-corrected chi connectivity index (χ1v) is 9.18. The first-order chi connectivity index (χ1) is 12.1. The van der Waals surface area contributed by atoms with Crippen molar-refractivity contribution in [1.29, 1.82) is 0 Å². The van der Waals surface area contributed by atoms with Crippen molar-refractivity contribution in [3.8, 4) is 0 Å². The Hall–Kier alpha value is -2.46. The van der Waals surface area contributed by atoms with Gasteiger partial charge in [-0.05, 0) is 24.6 Å². The highest BCUT2D eigenvalue weighted by Crippen LogP contribution is 2.20.